The monoisotopic (exact) mass is 241 g/mol. The van der Waals surface area contributed by atoms with Gasteiger partial charge in [-0.3, -0.25) is 0 Å². The zero-order valence-corrected chi connectivity index (χ0v) is 11.2. The molecular formula is C13H27N3O. The van der Waals surface area contributed by atoms with E-state index in [-0.39, 0.29) is 12.1 Å². The second kappa shape index (κ2) is 11.4. The third kappa shape index (κ3) is 9.85. The SMILES string of the molecule is CCCCCCNC(=O)NC(CC=N)CCC. The van der Waals surface area contributed by atoms with Crippen LogP contribution in [0, 0.1) is 5.41 Å². The number of hydrogen-bond donors (Lipinski definition) is 3. The van der Waals surface area contributed by atoms with Crippen molar-refractivity contribution in [2.24, 2.45) is 0 Å². The number of hydrogen-bond acceptors (Lipinski definition) is 2. The molecule has 0 spiro atoms. The van der Waals surface area contributed by atoms with Crippen molar-refractivity contribution in [2.45, 2.75) is 64.8 Å². The van der Waals surface area contributed by atoms with Crippen molar-refractivity contribution in [2.75, 3.05) is 6.54 Å². The molecule has 0 rings (SSSR count). The average molecular weight is 241 g/mol. The van der Waals surface area contributed by atoms with E-state index in [1.165, 1.54) is 25.5 Å². The second-order valence-corrected chi connectivity index (χ2v) is 4.39. The molecule has 100 valence electrons. The van der Waals surface area contributed by atoms with Crippen LogP contribution in [-0.2, 0) is 0 Å². The van der Waals surface area contributed by atoms with Gasteiger partial charge in [-0.15, -0.1) is 0 Å². The van der Waals surface area contributed by atoms with E-state index in [0.29, 0.717) is 6.42 Å². The zero-order valence-electron chi connectivity index (χ0n) is 11.2. The molecule has 0 aromatic heterocycles. The fourth-order valence-corrected chi connectivity index (χ4v) is 1.73. The maximum absolute atomic E-state index is 11.5. The fourth-order valence-electron chi connectivity index (χ4n) is 1.73. The van der Waals surface area contributed by atoms with Crippen LogP contribution in [0.15, 0.2) is 0 Å². The van der Waals surface area contributed by atoms with Crippen molar-refractivity contribution in [3.05, 3.63) is 0 Å². The Hall–Kier alpha value is -1.06. The number of carbonyl (C=O) groups is 1. The molecule has 0 bridgehead atoms. The van der Waals surface area contributed by atoms with Gasteiger partial charge in [-0.2, -0.15) is 0 Å². The molecule has 0 aromatic carbocycles. The predicted molar refractivity (Wildman–Crippen MR) is 72.8 cm³/mol. The lowest BCUT2D eigenvalue weighted by atomic mass is 10.1. The molecule has 0 heterocycles. The Kier molecular flexibility index (Phi) is 10.7. The maximum atomic E-state index is 11.5. The summed E-state index contributed by atoms with van der Waals surface area (Å²) in [4.78, 5) is 11.5. The van der Waals surface area contributed by atoms with Gasteiger partial charge in [0.05, 0.1) is 0 Å². The summed E-state index contributed by atoms with van der Waals surface area (Å²) >= 11 is 0. The van der Waals surface area contributed by atoms with Crippen LogP contribution < -0.4 is 10.6 Å². The summed E-state index contributed by atoms with van der Waals surface area (Å²) in [5, 5.41) is 12.8. The Morgan fingerprint density at radius 2 is 2.00 bits per heavy atom. The number of rotatable bonds is 10. The van der Waals surface area contributed by atoms with E-state index in [2.05, 4.69) is 24.5 Å². The van der Waals surface area contributed by atoms with Gasteiger partial charge in [0.2, 0.25) is 0 Å². The van der Waals surface area contributed by atoms with Gasteiger partial charge < -0.3 is 16.0 Å². The molecule has 0 saturated heterocycles. The van der Waals surface area contributed by atoms with Crippen LogP contribution in [0.4, 0.5) is 4.79 Å². The first-order valence-corrected chi connectivity index (χ1v) is 6.77. The number of amides is 2. The highest BCUT2D eigenvalue weighted by Gasteiger charge is 2.09. The van der Waals surface area contributed by atoms with Gasteiger partial charge in [0.1, 0.15) is 0 Å². The lowest BCUT2D eigenvalue weighted by molar-refractivity contribution is 0.236. The first-order valence-electron chi connectivity index (χ1n) is 6.77. The molecule has 1 atom stereocenters. The molecule has 3 N–H and O–H groups in total. The molecule has 1 unspecified atom stereocenters. The minimum absolute atomic E-state index is 0.0956. The summed E-state index contributed by atoms with van der Waals surface area (Å²) in [5.41, 5.74) is 0. The van der Waals surface area contributed by atoms with E-state index < -0.39 is 0 Å². The van der Waals surface area contributed by atoms with E-state index in [1.807, 2.05) is 0 Å². The van der Waals surface area contributed by atoms with E-state index in [9.17, 15) is 4.79 Å². The van der Waals surface area contributed by atoms with Crippen molar-refractivity contribution in [1.82, 2.24) is 10.6 Å². The summed E-state index contributed by atoms with van der Waals surface area (Å²) in [7, 11) is 0. The lowest BCUT2D eigenvalue weighted by Crippen LogP contribution is -2.42. The van der Waals surface area contributed by atoms with Crippen molar-refractivity contribution < 1.29 is 4.79 Å². The summed E-state index contributed by atoms with van der Waals surface area (Å²) in [5.74, 6) is 0. The van der Waals surface area contributed by atoms with Crippen LogP contribution >= 0.6 is 0 Å². The number of carbonyl (C=O) groups excluding carboxylic acids is 1. The lowest BCUT2D eigenvalue weighted by Gasteiger charge is -2.16. The van der Waals surface area contributed by atoms with Crippen molar-refractivity contribution in [1.29, 1.82) is 5.41 Å². The van der Waals surface area contributed by atoms with Crippen LogP contribution in [0.2, 0.25) is 0 Å². The summed E-state index contributed by atoms with van der Waals surface area (Å²) in [6.07, 6.45) is 8.60. The molecule has 0 aliphatic carbocycles. The van der Waals surface area contributed by atoms with Crippen LogP contribution in [0.3, 0.4) is 0 Å². The standard InChI is InChI=1S/C13H27N3O/c1-3-5-6-7-11-15-13(17)16-12(8-4-2)9-10-14/h10,12,14H,3-9,11H2,1-2H3,(H2,15,16,17). The Balaban J connectivity index is 3.62. The van der Waals surface area contributed by atoms with E-state index in [0.717, 1.165) is 25.8 Å². The van der Waals surface area contributed by atoms with Gasteiger partial charge in [0.25, 0.3) is 0 Å². The topological polar surface area (TPSA) is 65.0 Å². The van der Waals surface area contributed by atoms with Gasteiger partial charge in [-0.05, 0) is 19.1 Å². The Morgan fingerprint density at radius 1 is 1.24 bits per heavy atom. The minimum Gasteiger partial charge on any atom is -0.338 e. The summed E-state index contributed by atoms with van der Waals surface area (Å²) in [6, 6.07) is 0.00920. The third-order valence-corrected chi connectivity index (χ3v) is 2.69. The van der Waals surface area contributed by atoms with Crippen LogP contribution in [0.1, 0.15) is 58.8 Å². The quantitative estimate of drug-likeness (QED) is 0.399. The minimum atomic E-state index is -0.0956. The largest absolute Gasteiger partial charge is 0.338 e. The first kappa shape index (κ1) is 15.9. The van der Waals surface area contributed by atoms with Crippen LogP contribution in [0.5, 0.6) is 0 Å². The summed E-state index contributed by atoms with van der Waals surface area (Å²) in [6.45, 7) is 5.00. The van der Waals surface area contributed by atoms with Crippen molar-refractivity contribution in [3.63, 3.8) is 0 Å². The normalized spacial score (nSPS) is 11.9. The van der Waals surface area contributed by atoms with Gasteiger partial charge in [-0.1, -0.05) is 39.5 Å². The predicted octanol–water partition coefficient (Wildman–Crippen LogP) is 3.07. The smallest absolute Gasteiger partial charge is 0.315 e. The molecule has 2 amide bonds. The Labute approximate surface area is 105 Å². The van der Waals surface area contributed by atoms with Crippen LogP contribution in [0.25, 0.3) is 0 Å². The van der Waals surface area contributed by atoms with E-state index in [4.69, 9.17) is 5.41 Å². The highest BCUT2D eigenvalue weighted by Crippen LogP contribution is 2.00. The van der Waals surface area contributed by atoms with E-state index in [1.54, 1.807) is 0 Å². The molecule has 0 radical (unpaired) electrons. The van der Waals surface area contributed by atoms with Crippen molar-refractivity contribution in [3.8, 4) is 0 Å². The Morgan fingerprint density at radius 3 is 2.59 bits per heavy atom. The number of urea groups is 1. The average Bonchev–Trinajstić information content (AvgIpc) is 2.29. The fraction of sp³-hybridized carbons (Fsp3) is 0.846. The highest BCUT2D eigenvalue weighted by molar-refractivity contribution is 5.74. The summed E-state index contributed by atoms with van der Waals surface area (Å²) < 4.78 is 0. The van der Waals surface area contributed by atoms with Crippen LogP contribution in [-0.4, -0.2) is 24.8 Å². The van der Waals surface area contributed by atoms with Gasteiger partial charge in [-0.25, -0.2) is 4.79 Å². The Bertz CT molecular complexity index is 207. The van der Waals surface area contributed by atoms with Gasteiger partial charge in [0.15, 0.2) is 0 Å². The van der Waals surface area contributed by atoms with Gasteiger partial charge in [0, 0.05) is 19.0 Å². The van der Waals surface area contributed by atoms with E-state index >= 15 is 0 Å². The molecule has 0 aromatic rings. The van der Waals surface area contributed by atoms with Crippen molar-refractivity contribution >= 4 is 12.2 Å². The highest BCUT2D eigenvalue weighted by atomic mass is 16.2. The maximum Gasteiger partial charge on any atom is 0.315 e. The van der Waals surface area contributed by atoms with Gasteiger partial charge >= 0.3 is 6.03 Å². The number of unbranched alkanes of at least 4 members (excludes halogenated alkanes) is 3. The molecule has 0 aliphatic heterocycles. The zero-order chi connectivity index (χ0) is 12.9. The molecule has 4 nitrogen and oxygen atoms in total. The molecule has 0 aliphatic rings. The molecule has 0 saturated carbocycles. The first-order chi connectivity index (χ1) is 8.24. The molecule has 17 heavy (non-hydrogen) atoms. The molecule has 0 fully saturated rings. The number of nitrogens with one attached hydrogen (secondary N) is 3. The second-order valence-electron chi connectivity index (χ2n) is 4.39. The third-order valence-electron chi connectivity index (χ3n) is 2.69. The molecule has 4 heteroatoms. The molecular weight excluding hydrogens is 214 g/mol.